The number of carbonyl (C=O) groups is 1. The van der Waals surface area contributed by atoms with Gasteiger partial charge in [0.1, 0.15) is 0 Å². The number of esters is 1. The molecule has 0 aliphatic heterocycles. The number of hydrogen-bond donors (Lipinski definition) is 1. The maximum atomic E-state index is 14.1. The molecule has 0 heterocycles. The Kier molecular flexibility index (Phi) is 4.71. The number of nitrogens with two attached hydrogens (primary N) is 1. The van der Waals surface area contributed by atoms with Crippen LogP contribution in [0.5, 0.6) is 5.75 Å². The summed E-state index contributed by atoms with van der Waals surface area (Å²) in [6.45, 7) is 3.38. The van der Waals surface area contributed by atoms with Crippen molar-refractivity contribution in [2.24, 2.45) is 5.73 Å². The molecule has 0 fully saturated rings. The van der Waals surface area contributed by atoms with Gasteiger partial charge in [-0.3, -0.25) is 0 Å². The topological polar surface area (TPSA) is 61.5 Å². The fourth-order valence-corrected chi connectivity index (χ4v) is 1.55. The first-order chi connectivity index (χ1) is 8.52. The maximum absolute atomic E-state index is 14.1. The molecule has 0 saturated carbocycles. The second-order valence-electron chi connectivity index (χ2n) is 3.60. The lowest BCUT2D eigenvalue weighted by molar-refractivity contribution is -0.136. The average molecular weight is 253 g/mol. The van der Waals surface area contributed by atoms with E-state index < -0.39 is 11.8 Å². The summed E-state index contributed by atoms with van der Waals surface area (Å²) in [5.74, 6) is -1.23. The number of halogens is 1. The van der Waals surface area contributed by atoms with E-state index in [0.717, 1.165) is 0 Å². The third kappa shape index (κ3) is 2.80. The second-order valence-corrected chi connectivity index (χ2v) is 3.60. The lowest BCUT2D eigenvalue weighted by Gasteiger charge is -2.11. The summed E-state index contributed by atoms with van der Waals surface area (Å²) in [7, 11) is 1.35. The fraction of sp³-hybridized carbons (Fsp3) is 0.308. The van der Waals surface area contributed by atoms with Crippen LogP contribution in [-0.4, -0.2) is 19.7 Å². The Morgan fingerprint density at radius 3 is 2.61 bits per heavy atom. The average Bonchev–Trinajstić information content (AvgIpc) is 2.31. The van der Waals surface area contributed by atoms with Gasteiger partial charge in [-0.05, 0) is 19.9 Å². The Morgan fingerprint density at radius 2 is 2.11 bits per heavy atom. The molecule has 2 N–H and O–H groups in total. The summed E-state index contributed by atoms with van der Waals surface area (Å²) in [4.78, 5) is 11.8. The molecule has 0 atom stereocenters. The lowest BCUT2D eigenvalue weighted by Crippen LogP contribution is -2.13. The molecule has 0 aliphatic rings. The van der Waals surface area contributed by atoms with Crippen molar-refractivity contribution in [2.45, 2.75) is 13.8 Å². The SMILES string of the molecule is CCOC(=O)C(=C(C)N)c1cccc(OC)c1F. The highest BCUT2D eigenvalue weighted by Gasteiger charge is 2.21. The molecular formula is C13H16FNO3. The molecule has 1 aromatic carbocycles. The Balaban J connectivity index is 3.33. The van der Waals surface area contributed by atoms with E-state index in [1.807, 2.05) is 0 Å². The highest BCUT2D eigenvalue weighted by atomic mass is 19.1. The molecule has 5 heteroatoms. The highest BCUT2D eigenvalue weighted by Crippen LogP contribution is 2.27. The molecule has 18 heavy (non-hydrogen) atoms. The minimum atomic E-state index is -0.648. The van der Waals surface area contributed by atoms with Gasteiger partial charge in [-0.2, -0.15) is 0 Å². The predicted octanol–water partition coefficient (Wildman–Crippen LogP) is 2.09. The zero-order valence-electron chi connectivity index (χ0n) is 10.6. The number of carbonyl (C=O) groups excluding carboxylic acids is 1. The van der Waals surface area contributed by atoms with Crippen LogP contribution in [0.4, 0.5) is 4.39 Å². The summed E-state index contributed by atoms with van der Waals surface area (Å²) in [5.41, 5.74) is 5.92. The van der Waals surface area contributed by atoms with Crippen molar-refractivity contribution in [3.63, 3.8) is 0 Å². The van der Waals surface area contributed by atoms with E-state index in [0.29, 0.717) is 0 Å². The Morgan fingerprint density at radius 1 is 1.44 bits per heavy atom. The minimum absolute atomic E-state index is 0.0215. The van der Waals surface area contributed by atoms with Crippen molar-refractivity contribution in [3.05, 3.63) is 35.3 Å². The van der Waals surface area contributed by atoms with Crippen molar-refractivity contribution < 1.29 is 18.7 Å². The van der Waals surface area contributed by atoms with Crippen LogP contribution in [0.15, 0.2) is 23.9 Å². The summed E-state index contributed by atoms with van der Waals surface area (Å²) in [6, 6.07) is 4.51. The molecule has 1 aromatic rings. The first-order valence-electron chi connectivity index (χ1n) is 5.49. The largest absolute Gasteiger partial charge is 0.494 e. The van der Waals surface area contributed by atoms with Crippen molar-refractivity contribution >= 4 is 11.5 Å². The van der Waals surface area contributed by atoms with Crippen LogP contribution in [0.3, 0.4) is 0 Å². The van der Waals surface area contributed by atoms with E-state index in [1.165, 1.54) is 26.2 Å². The normalized spacial score (nSPS) is 11.8. The molecule has 0 bridgehead atoms. The van der Waals surface area contributed by atoms with Gasteiger partial charge in [0, 0.05) is 11.3 Å². The molecule has 0 radical (unpaired) electrons. The molecule has 0 amide bonds. The van der Waals surface area contributed by atoms with Gasteiger partial charge >= 0.3 is 5.97 Å². The number of ether oxygens (including phenoxy) is 2. The van der Waals surface area contributed by atoms with Crippen molar-refractivity contribution in [2.75, 3.05) is 13.7 Å². The van der Waals surface area contributed by atoms with Crippen LogP contribution < -0.4 is 10.5 Å². The highest BCUT2D eigenvalue weighted by molar-refractivity contribution is 6.17. The quantitative estimate of drug-likeness (QED) is 0.659. The van der Waals surface area contributed by atoms with Crippen molar-refractivity contribution in [1.82, 2.24) is 0 Å². The molecule has 0 spiro atoms. The molecule has 98 valence electrons. The van der Waals surface area contributed by atoms with Gasteiger partial charge < -0.3 is 15.2 Å². The Hall–Kier alpha value is -2.04. The second kappa shape index (κ2) is 6.05. The summed E-state index contributed by atoms with van der Waals surface area (Å²) >= 11 is 0. The van der Waals surface area contributed by atoms with E-state index in [4.69, 9.17) is 15.2 Å². The molecule has 0 unspecified atom stereocenters. The zero-order valence-corrected chi connectivity index (χ0v) is 10.6. The standard InChI is InChI=1S/C13H16FNO3/c1-4-18-13(16)11(8(2)15)9-6-5-7-10(17-3)12(9)14/h5-7H,4,15H2,1-3H3. The van der Waals surface area contributed by atoms with E-state index in [1.54, 1.807) is 13.0 Å². The van der Waals surface area contributed by atoms with Gasteiger partial charge in [-0.15, -0.1) is 0 Å². The van der Waals surface area contributed by atoms with E-state index in [-0.39, 0.29) is 29.2 Å². The Bertz CT molecular complexity index is 479. The zero-order chi connectivity index (χ0) is 13.7. The van der Waals surface area contributed by atoms with Crippen LogP contribution in [0, 0.1) is 5.82 Å². The number of allylic oxidation sites excluding steroid dienone is 1. The van der Waals surface area contributed by atoms with Gasteiger partial charge in [0.05, 0.1) is 19.3 Å². The molecular weight excluding hydrogens is 237 g/mol. The fourth-order valence-electron chi connectivity index (χ4n) is 1.55. The number of benzene rings is 1. The van der Waals surface area contributed by atoms with Crippen LogP contribution in [0.2, 0.25) is 0 Å². The molecule has 0 aromatic heterocycles. The predicted molar refractivity (Wildman–Crippen MR) is 66.4 cm³/mol. The van der Waals surface area contributed by atoms with Crippen molar-refractivity contribution in [3.8, 4) is 5.75 Å². The third-order valence-corrected chi connectivity index (χ3v) is 2.33. The minimum Gasteiger partial charge on any atom is -0.494 e. The third-order valence-electron chi connectivity index (χ3n) is 2.33. The van der Waals surface area contributed by atoms with Crippen LogP contribution in [0.25, 0.3) is 5.57 Å². The Labute approximate surface area is 105 Å². The maximum Gasteiger partial charge on any atom is 0.340 e. The van der Waals surface area contributed by atoms with Gasteiger partial charge in [-0.25, -0.2) is 9.18 Å². The monoisotopic (exact) mass is 253 g/mol. The smallest absolute Gasteiger partial charge is 0.340 e. The number of hydrogen-bond acceptors (Lipinski definition) is 4. The molecule has 1 rings (SSSR count). The number of rotatable bonds is 4. The van der Waals surface area contributed by atoms with Gasteiger partial charge in [0.2, 0.25) is 0 Å². The first-order valence-corrected chi connectivity index (χ1v) is 5.49. The summed E-state index contributed by atoms with van der Waals surface area (Å²) in [5, 5.41) is 0. The van der Waals surface area contributed by atoms with Crippen LogP contribution in [0.1, 0.15) is 19.4 Å². The van der Waals surface area contributed by atoms with Crippen LogP contribution in [-0.2, 0) is 9.53 Å². The van der Waals surface area contributed by atoms with Crippen LogP contribution >= 0.6 is 0 Å². The first kappa shape index (κ1) is 14.0. The van der Waals surface area contributed by atoms with E-state index in [9.17, 15) is 9.18 Å². The molecule has 0 aliphatic carbocycles. The molecule has 4 nitrogen and oxygen atoms in total. The molecule has 0 saturated heterocycles. The summed E-state index contributed by atoms with van der Waals surface area (Å²) < 4.78 is 23.8. The lowest BCUT2D eigenvalue weighted by atomic mass is 10.0. The van der Waals surface area contributed by atoms with Gasteiger partial charge in [0.15, 0.2) is 11.6 Å². The van der Waals surface area contributed by atoms with Gasteiger partial charge in [-0.1, -0.05) is 12.1 Å². The van der Waals surface area contributed by atoms with E-state index >= 15 is 0 Å². The summed E-state index contributed by atoms with van der Waals surface area (Å²) in [6.07, 6.45) is 0. The van der Waals surface area contributed by atoms with Crippen molar-refractivity contribution in [1.29, 1.82) is 0 Å². The number of methoxy groups -OCH3 is 1. The van der Waals surface area contributed by atoms with Gasteiger partial charge in [0.25, 0.3) is 0 Å². The van der Waals surface area contributed by atoms with E-state index in [2.05, 4.69) is 0 Å².